The molecule has 26 heavy (non-hydrogen) atoms. The highest BCUT2D eigenvalue weighted by Crippen LogP contribution is 2.31. The number of amides is 1. The molecular weight excluding hydrogens is 333 g/mol. The molecule has 5 nitrogen and oxygen atoms in total. The molecule has 0 atom stereocenters. The van der Waals surface area contributed by atoms with E-state index >= 15 is 0 Å². The summed E-state index contributed by atoms with van der Waals surface area (Å²) in [4.78, 5) is 14.6. The Morgan fingerprint density at radius 3 is 2.96 bits per heavy atom. The third-order valence-corrected chi connectivity index (χ3v) is 5.46. The van der Waals surface area contributed by atoms with E-state index < -0.39 is 0 Å². The van der Waals surface area contributed by atoms with Gasteiger partial charge in [0.15, 0.2) is 5.82 Å². The Hall–Kier alpha value is -2.37. The van der Waals surface area contributed by atoms with Crippen LogP contribution in [-0.4, -0.2) is 22.5 Å². The van der Waals surface area contributed by atoms with Crippen LogP contribution < -0.4 is 5.32 Å². The summed E-state index contributed by atoms with van der Waals surface area (Å²) in [6, 6.07) is 6.23. The van der Waals surface area contributed by atoms with Gasteiger partial charge in [0, 0.05) is 25.1 Å². The van der Waals surface area contributed by atoms with Crippen molar-refractivity contribution in [1.29, 1.82) is 0 Å². The fraction of sp³-hybridized carbons (Fsp3) is 0.500. The number of hydrogen-bond donors (Lipinski definition) is 1. The third-order valence-electron chi connectivity index (χ3n) is 5.46. The maximum Gasteiger partial charge on any atom is 0.223 e. The van der Waals surface area contributed by atoms with Gasteiger partial charge in [-0.05, 0) is 37.0 Å². The smallest absolute Gasteiger partial charge is 0.223 e. The van der Waals surface area contributed by atoms with Crippen LogP contribution in [0.2, 0.25) is 0 Å². The number of halogens is 1. The molecule has 6 heteroatoms. The van der Waals surface area contributed by atoms with Crippen molar-refractivity contribution in [3.8, 4) is 0 Å². The molecule has 0 saturated heterocycles. The van der Waals surface area contributed by atoms with Crippen LogP contribution in [0.1, 0.15) is 49.8 Å². The van der Waals surface area contributed by atoms with E-state index in [-0.39, 0.29) is 11.7 Å². The zero-order chi connectivity index (χ0) is 17.9. The van der Waals surface area contributed by atoms with Crippen LogP contribution in [-0.2, 0) is 17.8 Å². The van der Waals surface area contributed by atoms with Crippen LogP contribution in [0.3, 0.4) is 0 Å². The van der Waals surface area contributed by atoms with Crippen LogP contribution in [0, 0.1) is 11.7 Å². The molecule has 0 unspecified atom stereocenters. The lowest BCUT2D eigenvalue weighted by Gasteiger charge is -2.29. The Balaban J connectivity index is 1.44. The zero-order valence-electron chi connectivity index (χ0n) is 14.8. The highest BCUT2D eigenvalue weighted by Gasteiger charge is 2.28. The quantitative estimate of drug-likeness (QED) is 0.880. The minimum Gasteiger partial charge on any atom is -0.359 e. The molecule has 0 radical (unpaired) electrons. The average Bonchev–Trinajstić information content (AvgIpc) is 3.05. The summed E-state index contributed by atoms with van der Waals surface area (Å²) in [7, 11) is 0. The molecule has 1 aliphatic heterocycles. The molecule has 0 spiro atoms. The second kappa shape index (κ2) is 7.48. The largest absolute Gasteiger partial charge is 0.359 e. The highest BCUT2D eigenvalue weighted by molar-refractivity contribution is 5.77. The summed E-state index contributed by atoms with van der Waals surface area (Å²) in [5.74, 6) is 1.83. The molecule has 2 aliphatic rings. The van der Waals surface area contributed by atoms with Crippen LogP contribution in [0.4, 0.5) is 15.9 Å². The van der Waals surface area contributed by atoms with E-state index in [0.717, 1.165) is 11.3 Å². The summed E-state index contributed by atoms with van der Waals surface area (Å²) in [6.45, 7) is 1.18. The van der Waals surface area contributed by atoms with Gasteiger partial charge < -0.3 is 14.7 Å². The first-order valence-corrected chi connectivity index (χ1v) is 9.47. The first kappa shape index (κ1) is 17.1. The minimum atomic E-state index is -0.309. The molecule has 1 aromatic heterocycles. The van der Waals surface area contributed by atoms with E-state index in [9.17, 15) is 9.18 Å². The number of aromatic nitrogens is 1. The van der Waals surface area contributed by atoms with Crippen LogP contribution in [0.5, 0.6) is 0 Å². The Kier molecular flexibility index (Phi) is 4.91. The van der Waals surface area contributed by atoms with Crippen molar-refractivity contribution in [1.82, 2.24) is 10.1 Å². The number of fused-ring (bicyclic) bond motifs is 1. The van der Waals surface area contributed by atoms with Crippen molar-refractivity contribution in [3.63, 3.8) is 0 Å². The molecule has 1 N–H and O–H groups in total. The molecule has 2 aromatic rings. The minimum absolute atomic E-state index is 0.223. The monoisotopic (exact) mass is 357 g/mol. The van der Waals surface area contributed by atoms with Crippen LogP contribution >= 0.6 is 0 Å². The van der Waals surface area contributed by atoms with Gasteiger partial charge in [0.1, 0.15) is 11.6 Å². The number of carbonyl (C=O) groups is 1. The second-order valence-electron chi connectivity index (χ2n) is 7.34. The number of hydrogen-bond acceptors (Lipinski definition) is 4. The first-order chi connectivity index (χ1) is 12.7. The summed E-state index contributed by atoms with van der Waals surface area (Å²) in [6.07, 6.45) is 7.45. The lowest BCUT2D eigenvalue weighted by Crippen LogP contribution is -2.36. The molecule has 0 bridgehead atoms. The Labute approximate surface area is 152 Å². The molecular formula is C20H24FN3O2. The SMILES string of the molecule is O=C(CC1CCCCC1)N1CCc2onc(Nc3cccc(F)c3)c2C1. The predicted molar refractivity (Wildman–Crippen MR) is 96.5 cm³/mol. The van der Waals surface area contributed by atoms with Crippen molar-refractivity contribution in [2.75, 3.05) is 11.9 Å². The maximum absolute atomic E-state index is 13.4. The molecule has 1 aromatic carbocycles. The number of nitrogens with zero attached hydrogens (tertiary/aromatic N) is 2. The van der Waals surface area contributed by atoms with Crippen molar-refractivity contribution < 1.29 is 13.7 Å². The fourth-order valence-electron chi connectivity index (χ4n) is 3.99. The number of anilines is 2. The summed E-state index contributed by atoms with van der Waals surface area (Å²) >= 11 is 0. The molecule has 1 aliphatic carbocycles. The van der Waals surface area contributed by atoms with Gasteiger partial charge in [-0.3, -0.25) is 4.79 Å². The lowest BCUT2D eigenvalue weighted by molar-refractivity contribution is -0.133. The highest BCUT2D eigenvalue weighted by atomic mass is 19.1. The van der Waals surface area contributed by atoms with Gasteiger partial charge in [0.25, 0.3) is 0 Å². The van der Waals surface area contributed by atoms with Crippen molar-refractivity contribution in [3.05, 3.63) is 41.4 Å². The number of nitrogens with one attached hydrogen (secondary N) is 1. The number of carbonyl (C=O) groups excluding carboxylic acids is 1. The molecule has 1 amide bonds. The maximum atomic E-state index is 13.4. The van der Waals surface area contributed by atoms with Gasteiger partial charge >= 0.3 is 0 Å². The Morgan fingerprint density at radius 1 is 1.31 bits per heavy atom. The van der Waals surface area contributed by atoms with Gasteiger partial charge in [0.05, 0.1) is 12.1 Å². The van der Waals surface area contributed by atoms with E-state index in [4.69, 9.17) is 4.52 Å². The molecule has 4 rings (SSSR count). The number of benzene rings is 1. The molecule has 1 saturated carbocycles. The van der Waals surface area contributed by atoms with Crippen molar-refractivity contribution in [2.24, 2.45) is 5.92 Å². The first-order valence-electron chi connectivity index (χ1n) is 9.47. The molecule has 2 heterocycles. The van der Waals surface area contributed by atoms with E-state index in [1.807, 2.05) is 4.90 Å². The zero-order valence-corrected chi connectivity index (χ0v) is 14.8. The van der Waals surface area contributed by atoms with Gasteiger partial charge in [-0.25, -0.2) is 4.39 Å². The molecule has 138 valence electrons. The normalized spacial score (nSPS) is 17.8. The molecule has 1 fully saturated rings. The summed E-state index contributed by atoms with van der Waals surface area (Å²) in [5, 5.41) is 7.20. The average molecular weight is 357 g/mol. The van der Waals surface area contributed by atoms with Gasteiger partial charge in [-0.1, -0.05) is 30.5 Å². The Morgan fingerprint density at radius 2 is 2.15 bits per heavy atom. The van der Waals surface area contributed by atoms with Gasteiger partial charge in [-0.2, -0.15) is 0 Å². The second-order valence-corrected chi connectivity index (χ2v) is 7.34. The van der Waals surface area contributed by atoms with Crippen LogP contribution in [0.25, 0.3) is 0 Å². The fourth-order valence-corrected chi connectivity index (χ4v) is 3.99. The summed E-state index contributed by atoms with van der Waals surface area (Å²) < 4.78 is 18.8. The third kappa shape index (κ3) is 3.74. The van der Waals surface area contributed by atoms with Crippen molar-refractivity contribution >= 4 is 17.4 Å². The van der Waals surface area contributed by atoms with E-state index in [1.54, 1.807) is 12.1 Å². The predicted octanol–water partition coefficient (Wildman–Crippen LogP) is 4.41. The lowest BCUT2D eigenvalue weighted by atomic mass is 9.86. The topological polar surface area (TPSA) is 58.4 Å². The van der Waals surface area contributed by atoms with Crippen molar-refractivity contribution in [2.45, 2.75) is 51.5 Å². The van der Waals surface area contributed by atoms with E-state index in [0.29, 0.717) is 43.4 Å². The van der Waals surface area contributed by atoms with E-state index in [1.165, 1.54) is 44.2 Å². The standard InChI is InChI=1S/C20H24FN3O2/c21-15-7-4-8-16(12-15)22-20-17-13-24(10-9-18(17)26-23-20)19(25)11-14-5-2-1-3-6-14/h4,7-8,12,14H,1-3,5-6,9-11,13H2,(H,22,23). The van der Waals surface area contributed by atoms with E-state index in [2.05, 4.69) is 10.5 Å². The summed E-state index contributed by atoms with van der Waals surface area (Å²) in [5.41, 5.74) is 1.52. The number of rotatable bonds is 4. The van der Waals surface area contributed by atoms with Gasteiger partial charge in [0.2, 0.25) is 5.91 Å². The van der Waals surface area contributed by atoms with Gasteiger partial charge in [-0.15, -0.1) is 0 Å². The Bertz CT molecular complexity index is 783. The van der Waals surface area contributed by atoms with Crippen LogP contribution in [0.15, 0.2) is 28.8 Å².